The number of hydrogen-bond donors (Lipinski definition) is 1. The summed E-state index contributed by atoms with van der Waals surface area (Å²) in [6.45, 7) is 9.33. The zero-order chi connectivity index (χ0) is 13.0. The van der Waals surface area contributed by atoms with E-state index in [9.17, 15) is 0 Å². The van der Waals surface area contributed by atoms with Gasteiger partial charge < -0.3 is 10.1 Å². The first-order chi connectivity index (χ1) is 8.74. The summed E-state index contributed by atoms with van der Waals surface area (Å²) in [5, 5.41) is 7.96. The molecule has 0 aliphatic carbocycles. The molecule has 0 bridgehead atoms. The number of rotatable bonds is 6. The summed E-state index contributed by atoms with van der Waals surface area (Å²) in [5.41, 5.74) is 1.32. The van der Waals surface area contributed by atoms with Crippen molar-refractivity contribution in [1.29, 1.82) is 0 Å². The molecule has 102 valence electrons. The van der Waals surface area contributed by atoms with Crippen LogP contribution in [0.15, 0.2) is 12.4 Å². The van der Waals surface area contributed by atoms with Crippen LogP contribution in [0.5, 0.6) is 0 Å². The molecule has 0 saturated carbocycles. The van der Waals surface area contributed by atoms with Crippen LogP contribution in [-0.4, -0.2) is 35.1 Å². The molecular weight excluding hydrogens is 226 g/mol. The molecule has 2 rings (SSSR count). The van der Waals surface area contributed by atoms with Crippen LogP contribution in [0.2, 0.25) is 0 Å². The van der Waals surface area contributed by atoms with E-state index in [1.54, 1.807) is 0 Å². The van der Waals surface area contributed by atoms with Gasteiger partial charge in [0.1, 0.15) is 0 Å². The maximum atomic E-state index is 5.70. The minimum Gasteiger partial charge on any atom is -0.378 e. The van der Waals surface area contributed by atoms with Crippen molar-refractivity contribution >= 4 is 0 Å². The van der Waals surface area contributed by atoms with E-state index in [0.717, 1.165) is 26.1 Å². The van der Waals surface area contributed by atoms with Gasteiger partial charge in [0.15, 0.2) is 0 Å². The third kappa shape index (κ3) is 3.12. The third-order valence-corrected chi connectivity index (χ3v) is 3.88. The minimum atomic E-state index is 0.371. The third-order valence-electron chi connectivity index (χ3n) is 3.88. The van der Waals surface area contributed by atoms with E-state index in [4.69, 9.17) is 4.74 Å². The van der Waals surface area contributed by atoms with Crippen LogP contribution in [0.4, 0.5) is 0 Å². The first-order valence-corrected chi connectivity index (χ1v) is 7.10. The second-order valence-electron chi connectivity index (χ2n) is 5.10. The van der Waals surface area contributed by atoms with Gasteiger partial charge in [-0.3, -0.25) is 4.68 Å². The average Bonchev–Trinajstić information content (AvgIpc) is 2.97. The summed E-state index contributed by atoms with van der Waals surface area (Å²) < 4.78 is 7.69. The van der Waals surface area contributed by atoms with Gasteiger partial charge in [-0.15, -0.1) is 0 Å². The van der Waals surface area contributed by atoms with E-state index in [0.29, 0.717) is 18.1 Å². The van der Waals surface area contributed by atoms with Gasteiger partial charge in [0.2, 0.25) is 0 Å². The molecular formula is C14H25N3O. The Morgan fingerprint density at radius 1 is 1.56 bits per heavy atom. The molecule has 1 aliphatic heterocycles. The fourth-order valence-electron chi connectivity index (χ4n) is 2.85. The summed E-state index contributed by atoms with van der Waals surface area (Å²) in [7, 11) is 0. The minimum absolute atomic E-state index is 0.371. The van der Waals surface area contributed by atoms with Crippen LogP contribution in [0.3, 0.4) is 0 Å². The Morgan fingerprint density at radius 3 is 2.94 bits per heavy atom. The summed E-state index contributed by atoms with van der Waals surface area (Å²) >= 11 is 0. The summed E-state index contributed by atoms with van der Waals surface area (Å²) in [6.07, 6.45) is 6.74. The molecule has 1 aromatic rings. The number of nitrogens with zero attached hydrogens (tertiary/aromatic N) is 2. The lowest BCUT2D eigenvalue weighted by Crippen LogP contribution is -2.40. The van der Waals surface area contributed by atoms with Gasteiger partial charge in [-0.25, -0.2) is 0 Å². The molecule has 1 fully saturated rings. The highest BCUT2D eigenvalue weighted by Gasteiger charge is 2.31. The topological polar surface area (TPSA) is 39.1 Å². The van der Waals surface area contributed by atoms with E-state index in [1.807, 2.05) is 10.9 Å². The molecule has 0 amide bonds. The van der Waals surface area contributed by atoms with E-state index >= 15 is 0 Å². The molecule has 0 spiro atoms. The van der Waals surface area contributed by atoms with Crippen molar-refractivity contribution in [3.05, 3.63) is 18.0 Å². The van der Waals surface area contributed by atoms with Crippen LogP contribution in [0.1, 0.15) is 32.8 Å². The van der Waals surface area contributed by atoms with E-state index in [2.05, 4.69) is 37.4 Å². The van der Waals surface area contributed by atoms with Gasteiger partial charge in [-0.2, -0.15) is 5.10 Å². The fourth-order valence-corrected chi connectivity index (χ4v) is 2.85. The molecule has 0 radical (unpaired) electrons. The first-order valence-electron chi connectivity index (χ1n) is 7.10. The molecule has 18 heavy (non-hydrogen) atoms. The highest BCUT2D eigenvalue weighted by atomic mass is 16.5. The van der Waals surface area contributed by atoms with Crippen molar-refractivity contribution in [2.75, 3.05) is 13.2 Å². The normalized spacial score (nSPS) is 25.5. The van der Waals surface area contributed by atoms with Crippen molar-refractivity contribution in [1.82, 2.24) is 15.1 Å². The zero-order valence-corrected chi connectivity index (χ0v) is 11.7. The van der Waals surface area contributed by atoms with Crippen LogP contribution in [0.25, 0.3) is 0 Å². The van der Waals surface area contributed by atoms with Gasteiger partial charge in [0.25, 0.3) is 0 Å². The zero-order valence-electron chi connectivity index (χ0n) is 11.7. The fraction of sp³-hybridized carbons (Fsp3) is 0.786. The molecule has 1 saturated heterocycles. The molecule has 3 atom stereocenters. The van der Waals surface area contributed by atoms with Crippen LogP contribution >= 0.6 is 0 Å². The highest BCUT2D eigenvalue weighted by molar-refractivity contribution is 5.07. The standard InChI is InChI=1S/C14H25N3O/c1-4-15-14(13-6-7-18-11(13)3)8-12-9-16-17(5-2)10-12/h9-11,13-15H,4-8H2,1-3H3. The second kappa shape index (κ2) is 6.34. The monoisotopic (exact) mass is 251 g/mol. The number of hydrogen-bond acceptors (Lipinski definition) is 3. The van der Waals surface area contributed by atoms with E-state index in [1.165, 1.54) is 12.0 Å². The summed E-state index contributed by atoms with van der Waals surface area (Å²) in [4.78, 5) is 0. The quantitative estimate of drug-likeness (QED) is 0.838. The van der Waals surface area contributed by atoms with Crippen LogP contribution in [0, 0.1) is 5.92 Å². The number of likely N-dealkylation sites (N-methyl/N-ethyl adjacent to an activating group) is 1. The molecule has 2 heterocycles. The van der Waals surface area contributed by atoms with E-state index in [-0.39, 0.29) is 0 Å². The van der Waals surface area contributed by atoms with Gasteiger partial charge in [-0.1, -0.05) is 6.92 Å². The predicted octanol–water partition coefficient (Wildman–Crippen LogP) is 1.85. The molecule has 1 N–H and O–H groups in total. The predicted molar refractivity (Wildman–Crippen MR) is 72.6 cm³/mol. The highest BCUT2D eigenvalue weighted by Crippen LogP contribution is 2.25. The Kier molecular flexibility index (Phi) is 4.78. The van der Waals surface area contributed by atoms with Gasteiger partial charge in [0.05, 0.1) is 12.3 Å². The largest absolute Gasteiger partial charge is 0.378 e. The SMILES string of the molecule is CCNC(Cc1cnn(CC)c1)C1CCOC1C. The Balaban J connectivity index is 2.01. The molecule has 1 aromatic heterocycles. The Labute approximate surface area is 110 Å². The van der Waals surface area contributed by atoms with Gasteiger partial charge in [0, 0.05) is 31.3 Å². The number of aromatic nitrogens is 2. The maximum absolute atomic E-state index is 5.70. The molecule has 1 aliphatic rings. The average molecular weight is 251 g/mol. The van der Waals surface area contributed by atoms with Crippen molar-refractivity contribution in [2.45, 2.75) is 52.3 Å². The number of nitrogens with one attached hydrogen (secondary N) is 1. The van der Waals surface area contributed by atoms with Crippen LogP contribution in [-0.2, 0) is 17.7 Å². The smallest absolute Gasteiger partial charge is 0.0590 e. The second-order valence-corrected chi connectivity index (χ2v) is 5.10. The lowest BCUT2D eigenvalue weighted by atomic mass is 9.89. The number of ether oxygens (including phenoxy) is 1. The van der Waals surface area contributed by atoms with Gasteiger partial charge >= 0.3 is 0 Å². The molecule has 3 unspecified atom stereocenters. The summed E-state index contributed by atoms with van der Waals surface area (Å²) in [5.74, 6) is 0.620. The summed E-state index contributed by atoms with van der Waals surface area (Å²) in [6, 6.07) is 0.502. The number of aryl methyl sites for hydroxylation is 1. The lowest BCUT2D eigenvalue weighted by Gasteiger charge is -2.26. The van der Waals surface area contributed by atoms with Crippen molar-refractivity contribution < 1.29 is 4.74 Å². The first kappa shape index (κ1) is 13.6. The molecule has 4 nitrogen and oxygen atoms in total. The van der Waals surface area contributed by atoms with Crippen molar-refractivity contribution in [3.63, 3.8) is 0 Å². The van der Waals surface area contributed by atoms with Crippen molar-refractivity contribution in [3.8, 4) is 0 Å². The Hall–Kier alpha value is -0.870. The van der Waals surface area contributed by atoms with E-state index < -0.39 is 0 Å². The van der Waals surface area contributed by atoms with Crippen molar-refractivity contribution in [2.24, 2.45) is 5.92 Å². The lowest BCUT2D eigenvalue weighted by molar-refractivity contribution is 0.0956. The maximum Gasteiger partial charge on any atom is 0.0590 e. The van der Waals surface area contributed by atoms with Crippen LogP contribution < -0.4 is 5.32 Å². The molecule has 4 heteroatoms. The Morgan fingerprint density at radius 2 is 2.39 bits per heavy atom. The molecule has 0 aromatic carbocycles. The Bertz CT molecular complexity index is 364. The van der Waals surface area contributed by atoms with Gasteiger partial charge in [-0.05, 0) is 38.8 Å².